The SMILES string of the molecule is NC(CC(=O)N1CCCN(CCO)CC1)C1CC1. The predicted molar refractivity (Wildman–Crippen MR) is 70.0 cm³/mol. The van der Waals surface area contributed by atoms with Crippen LogP contribution in [0.15, 0.2) is 0 Å². The van der Waals surface area contributed by atoms with E-state index < -0.39 is 0 Å². The van der Waals surface area contributed by atoms with Crippen LogP contribution in [0.4, 0.5) is 0 Å². The van der Waals surface area contributed by atoms with E-state index in [0.29, 0.717) is 18.9 Å². The van der Waals surface area contributed by atoms with Gasteiger partial charge in [0.1, 0.15) is 0 Å². The number of nitrogens with two attached hydrogens (primary N) is 1. The second-order valence-electron chi connectivity index (χ2n) is 5.50. The number of amides is 1. The second-order valence-corrected chi connectivity index (χ2v) is 5.50. The fourth-order valence-electron chi connectivity index (χ4n) is 2.61. The van der Waals surface area contributed by atoms with Crippen molar-refractivity contribution in [2.24, 2.45) is 11.7 Å². The van der Waals surface area contributed by atoms with Crippen molar-refractivity contribution in [2.45, 2.75) is 31.7 Å². The maximum Gasteiger partial charge on any atom is 0.224 e. The minimum Gasteiger partial charge on any atom is -0.395 e. The normalized spacial score (nSPS) is 23.8. The molecule has 1 heterocycles. The zero-order valence-electron chi connectivity index (χ0n) is 11.1. The third-order valence-electron chi connectivity index (χ3n) is 4.00. The molecule has 0 spiro atoms. The number of hydrogen-bond acceptors (Lipinski definition) is 4. The Labute approximate surface area is 109 Å². The van der Waals surface area contributed by atoms with Crippen molar-refractivity contribution in [2.75, 3.05) is 39.3 Å². The van der Waals surface area contributed by atoms with Crippen LogP contribution in [-0.2, 0) is 4.79 Å². The van der Waals surface area contributed by atoms with Gasteiger partial charge in [0.2, 0.25) is 5.91 Å². The number of nitrogens with zero attached hydrogens (tertiary/aromatic N) is 2. The van der Waals surface area contributed by atoms with Crippen LogP contribution in [0.5, 0.6) is 0 Å². The number of aliphatic hydroxyl groups is 1. The molecular weight excluding hydrogens is 230 g/mol. The van der Waals surface area contributed by atoms with Gasteiger partial charge in [0.25, 0.3) is 0 Å². The van der Waals surface area contributed by atoms with Gasteiger partial charge in [-0.1, -0.05) is 0 Å². The molecule has 1 amide bonds. The van der Waals surface area contributed by atoms with Crippen LogP contribution >= 0.6 is 0 Å². The van der Waals surface area contributed by atoms with E-state index in [4.69, 9.17) is 10.8 Å². The highest BCUT2D eigenvalue weighted by Crippen LogP contribution is 2.33. The van der Waals surface area contributed by atoms with Gasteiger partial charge in [0.05, 0.1) is 6.61 Å². The minimum absolute atomic E-state index is 0.0642. The van der Waals surface area contributed by atoms with E-state index in [0.717, 1.165) is 32.6 Å². The maximum absolute atomic E-state index is 12.1. The largest absolute Gasteiger partial charge is 0.395 e. The van der Waals surface area contributed by atoms with Gasteiger partial charge in [-0.25, -0.2) is 0 Å². The molecule has 0 bridgehead atoms. The maximum atomic E-state index is 12.1. The molecular formula is C13H25N3O2. The summed E-state index contributed by atoms with van der Waals surface area (Å²) >= 11 is 0. The van der Waals surface area contributed by atoms with Crippen LogP contribution in [-0.4, -0.2) is 66.2 Å². The molecule has 1 atom stereocenters. The summed E-state index contributed by atoms with van der Waals surface area (Å²) in [4.78, 5) is 16.3. The van der Waals surface area contributed by atoms with Crippen molar-refractivity contribution in [3.63, 3.8) is 0 Å². The molecule has 0 aromatic heterocycles. The molecule has 0 radical (unpaired) electrons. The molecule has 0 aromatic carbocycles. The topological polar surface area (TPSA) is 69.8 Å². The summed E-state index contributed by atoms with van der Waals surface area (Å²) in [6.07, 6.45) is 3.88. The Bertz CT molecular complexity index is 281. The molecule has 1 unspecified atom stereocenters. The highest BCUT2D eigenvalue weighted by atomic mass is 16.3. The summed E-state index contributed by atoms with van der Waals surface area (Å²) in [5, 5.41) is 8.93. The number of carbonyl (C=O) groups excluding carboxylic acids is 1. The van der Waals surface area contributed by atoms with Gasteiger partial charge >= 0.3 is 0 Å². The molecule has 3 N–H and O–H groups in total. The molecule has 104 valence electrons. The highest BCUT2D eigenvalue weighted by molar-refractivity contribution is 5.77. The van der Waals surface area contributed by atoms with Crippen molar-refractivity contribution >= 4 is 5.91 Å². The molecule has 18 heavy (non-hydrogen) atoms. The van der Waals surface area contributed by atoms with Gasteiger partial charge in [-0.2, -0.15) is 0 Å². The van der Waals surface area contributed by atoms with Crippen LogP contribution in [0.1, 0.15) is 25.7 Å². The average molecular weight is 255 g/mol. The molecule has 2 fully saturated rings. The predicted octanol–water partition coefficient (Wildman–Crippen LogP) is -0.360. The average Bonchev–Trinajstić information content (AvgIpc) is 3.16. The molecule has 5 heteroatoms. The number of aliphatic hydroxyl groups excluding tert-OH is 1. The summed E-state index contributed by atoms with van der Waals surface area (Å²) in [5.74, 6) is 0.798. The Hall–Kier alpha value is -0.650. The van der Waals surface area contributed by atoms with Gasteiger partial charge in [0, 0.05) is 38.6 Å². The van der Waals surface area contributed by atoms with Crippen LogP contribution in [0.3, 0.4) is 0 Å². The Balaban J connectivity index is 1.75. The van der Waals surface area contributed by atoms with Crippen molar-refractivity contribution in [3.05, 3.63) is 0 Å². The molecule has 2 aliphatic rings. The lowest BCUT2D eigenvalue weighted by molar-refractivity contribution is -0.131. The van der Waals surface area contributed by atoms with Gasteiger partial charge in [-0.3, -0.25) is 9.69 Å². The first-order chi connectivity index (χ1) is 8.70. The first-order valence-corrected chi connectivity index (χ1v) is 7.07. The standard InChI is InChI=1S/C13H25N3O2/c14-12(11-2-3-11)10-13(18)16-5-1-4-15(6-7-16)8-9-17/h11-12,17H,1-10,14H2. The molecule has 1 saturated heterocycles. The first kappa shape index (κ1) is 13.8. The molecule has 5 nitrogen and oxygen atoms in total. The number of hydrogen-bond donors (Lipinski definition) is 2. The van der Waals surface area contributed by atoms with Crippen molar-refractivity contribution in [1.82, 2.24) is 9.80 Å². The van der Waals surface area contributed by atoms with Crippen LogP contribution < -0.4 is 5.73 Å². The van der Waals surface area contributed by atoms with E-state index in [1.807, 2.05) is 4.90 Å². The lowest BCUT2D eigenvalue weighted by Crippen LogP contribution is -2.39. The van der Waals surface area contributed by atoms with Crippen molar-refractivity contribution < 1.29 is 9.90 Å². The van der Waals surface area contributed by atoms with E-state index in [1.165, 1.54) is 12.8 Å². The van der Waals surface area contributed by atoms with Crippen LogP contribution in [0.2, 0.25) is 0 Å². The van der Waals surface area contributed by atoms with Crippen LogP contribution in [0.25, 0.3) is 0 Å². The zero-order chi connectivity index (χ0) is 13.0. The molecule has 1 saturated carbocycles. The van der Waals surface area contributed by atoms with E-state index in [2.05, 4.69) is 4.90 Å². The fourth-order valence-corrected chi connectivity index (χ4v) is 2.61. The van der Waals surface area contributed by atoms with E-state index in [-0.39, 0.29) is 18.6 Å². The Morgan fingerprint density at radius 3 is 2.72 bits per heavy atom. The van der Waals surface area contributed by atoms with Gasteiger partial charge in [-0.05, 0) is 31.7 Å². The smallest absolute Gasteiger partial charge is 0.224 e. The summed E-state index contributed by atoms with van der Waals surface area (Å²) < 4.78 is 0. The lowest BCUT2D eigenvalue weighted by atomic mass is 10.1. The summed E-state index contributed by atoms with van der Waals surface area (Å²) in [6, 6.07) is 0.0642. The molecule has 0 aromatic rings. The van der Waals surface area contributed by atoms with Crippen molar-refractivity contribution in [3.8, 4) is 0 Å². The summed E-state index contributed by atoms with van der Waals surface area (Å²) in [6.45, 7) is 4.35. The summed E-state index contributed by atoms with van der Waals surface area (Å²) in [5.41, 5.74) is 6.01. The van der Waals surface area contributed by atoms with Gasteiger partial charge < -0.3 is 15.7 Å². The third kappa shape index (κ3) is 3.93. The molecule has 2 rings (SSSR count). The molecule has 1 aliphatic carbocycles. The van der Waals surface area contributed by atoms with Gasteiger partial charge in [-0.15, -0.1) is 0 Å². The quantitative estimate of drug-likeness (QED) is 0.704. The minimum atomic E-state index is 0.0642. The van der Waals surface area contributed by atoms with Gasteiger partial charge in [0.15, 0.2) is 0 Å². The number of rotatable bonds is 5. The van der Waals surface area contributed by atoms with Crippen LogP contribution in [0, 0.1) is 5.92 Å². The lowest BCUT2D eigenvalue weighted by Gasteiger charge is -2.23. The first-order valence-electron chi connectivity index (χ1n) is 7.07. The van der Waals surface area contributed by atoms with Crippen molar-refractivity contribution in [1.29, 1.82) is 0 Å². The monoisotopic (exact) mass is 255 g/mol. The number of β-amino-alcohol motifs (C(OH)–C–C–N with tert-alkyl or cyclic N) is 1. The van der Waals surface area contributed by atoms with E-state index in [9.17, 15) is 4.79 Å². The Morgan fingerprint density at radius 1 is 1.28 bits per heavy atom. The van der Waals surface area contributed by atoms with E-state index in [1.54, 1.807) is 0 Å². The molecule has 1 aliphatic heterocycles. The Kier molecular flexibility index (Phi) is 4.97. The second kappa shape index (κ2) is 6.50. The van der Waals surface area contributed by atoms with E-state index >= 15 is 0 Å². The highest BCUT2D eigenvalue weighted by Gasteiger charge is 2.31. The zero-order valence-corrected chi connectivity index (χ0v) is 11.1. The Morgan fingerprint density at radius 2 is 2.06 bits per heavy atom. The fraction of sp³-hybridized carbons (Fsp3) is 0.923. The summed E-state index contributed by atoms with van der Waals surface area (Å²) in [7, 11) is 0. The third-order valence-corrected chi connectivity index (χ3v) is 4.00. The number of carbonyl (C=O) groups is 1.